The maximum absolute atomic E-state index is 12.0. The maximum Gasteiger partial charge on any atom is 0.222 e. The van der Waals surface area contributed by atoms with Crippen molar-refractivity contribution in [2.24, 2.45) is 4.99 Å². The first-order chi connectivity index (χ1) is 14.4. The zero-order valence-electron chi connectivity index (χ0n) is 17.5. The molecule has 3 rings (SSSR count). The van der Waals surface area contributed by atoms with Crippen LogP contribution in [0.2, 0.25) is 0 Å². The van der Waals surface area contributed by atoms with Gasteiger partial charge >= 0.3 is 0 Å². The lowest BCUT2D eigenvalue weighted by Crippen LogP contribution is -2.41. The number of nitrogens with one attached hydrogen (secondary N) is 3. The normalized spacial score (nSPS) is 17.6. The number of carbonyl (C=O) groups is 1. The van der Waals surface area contributed by atoms with Crippen LogP contribution in [0.15, 0.2) is 47.7 Å². The summed E-state index contributed by atoms with van der Waals surface area (Å²) in [4.78, 5) is 16.2. The molecule has 3 N–H and O–H groups in total. The van der Waals surface area contributed by atoms with Gasteiger partial charge in [0.2, 0.25) is 5.91 Å². The van der Waals surface area contributed by atoms with Crippen LogP contribution in [0.5, 0.6) is 0 Å². The predicted molar refractivity (Wildman–Crippen MR) is 131 cm³/mol. The lowest BCUT2D eigenvalue weighted by molar-refractivity contribution is -0.121. The molecule has 1 aromatic carbocycles. The minimum absolute atomic E-state index is 0. The highest BCUT2D eigenvalue weighted by Gasteiger charge is 2.28. The Balaban J connectivity index is 0.00000341. The second kappa shape index (κ2) is 12.0. The van der Waals surface area contributed by atoms with Gasteiger partial charge in [0.15, 0.2) is 15.8 Å². The number of aromatic nitrogens is 2. The third-order valence-electron chi connectivity index (χ3n) is 4.92. The second-order valence-corrected chi connectivity index (χ2v) is 9.47. The number of aliphatic imine (C=N–C) groups is 1. The summed E-state index contributed by atoms with van der Waals surface area (Å²) in [6.07, 6.45) is 4.42. The van der Waals surface area contributed by atoms with Gasteiger partial charge in [0.1, 0.15) is 0 Å². The number of hydrogen-bond acceptors (Lipinski definition) is 5. The van der Waals surface area contributed by atoms with Crippen molar-refractivity contribution < 1.29 is 13.2 Å². The topological polar surface area (TPSA) is 117 Å². The van der Waals surface area contributed by atoms with E-state index < -0.39 is 9.84 Å². The average molecular weight is 560 g/mol. The number of rotatable bonds is 8. The van der Waals surface area contributed by atoms with Gasteiger partial charge < -0.3 is 16.0 Å². The SMILES string of the molecule is CN=C(NCCC(=O)NC1CCS(=O)(=O)C1)NCc1ccccc1Cn1cccn1.I. The van der Waals surface area contributed by atoms with Crippen LogP contribution in [0, 0.1) is 0 Å². The lowest BCUT2D eigenvalue weighted by Gasteiger charge is -2.15. The van der Waals surface area contributed by atoms with Gasteiger partial charge in [-0.25, -0.2) is 8.42 Å². The van der Waals surface area contributed by atoms with Crippen molar-refractivity contribution in [1.82, 2.24) is 25.7 Å². The number of guanidine groups is 1. The number of hydrogen-bond donors (Lipinski definition) is 3. The Labute approximate surface area is 200 Å². The third-order valence-corrected chi connectivity index (χ3v) is 6.69. The molecule has 0 bridgehead atoms. The zero-order valence-corrected chi connectivity index (χ0v) is 20.6. The van der Waals surface area contributed by atoms with Crippen LogP contribution in [-0.4, -0.2) is 61.2 Å². The van der Waals surface area contributed by atoms with Gasteiger partial charge in [-0.15, -0.1) is 24.0 Å². The highest BCUT2D eigenvalue weighted by molar-refractivity contribution is 14.0. The van der Waals surface area contributed by atoms with E-state index in [4.69, 9.17) is 0 Å². The van der Waals surface area contributed by atoms with E-state index in [1.54, 1.807) is 13.2 Å². The van der Waals surface area contributed by atoms with Crippen LogP contribution in [0.4, 0.5) is 0 Å². The fourth-order valence-corrected chi connectivity index (χ4v) is 5.03. The van der Waals surface area contributed by atoms with E-state index in [-0.39, 0.29) is 53.9 Å². The highest BCUT2D eigenvalue weighted by Crippen LogP contribution is 2.11. The van der Waals surface area contributed by atoms with E-state index in [0.717, 1.165) is 11.1 Å². The molecule has 1 amide bonds. The fourth-order valence-electron chi connectivity index (χ4n) is 3.36. The molecular weight excluding hydrogens is 531 g/mol. The average Bonchev–Trinajstić information content (AvgIpc) is 3.34. The van der Waals surface area contributed by atoms with Crippen LogP contribution in [0.1, 0.15) is 24.0 Å². The summed E-state index contributed by atoms with van der Waals surface area (Å²) in [5.74, 6) is 0.617. The molecule has 31 heavy (non-hydrogen) atoms. The zero-order chi connectivity index (χ0) is 21.4. The summed E-state index contributed by atoms with van der Waals surface area (Å²) in [6.45, 7) is 1.68. The molecule has 1 aromatic heterocycles. The van der Waals surface area contributed by atoms with Crippen molar-refractivity contribution in [3.63, 3.8) is 0 Å². The monoisotopic (exact) mass is 560 g/mol. The number of sulfone groups is 1. The Bertz CT molecular complexity index is 979. The van der Waals surface area contributed by atoms with E-state index >= 15 is 0 Å². The third kappa shape index (κ3) is 8.13. The minimum atomic E-state index is -3.00. The molecule has 11 heteroatoms. The van der Waals surface area contributed by atoms with Crippen LogP contribution in [0.3, 0.4) is 0 Å². The lowest BCUT2D eigenvalue weighted by atomic mass is 10.1. The Morgan fingerprint density at radius 1 is 1.23 bits per heavy atom. The molecule has 0 spiro atoms. The first-order valence-electron chi connectivity index (χ1n) is 9.94. The van der Waals surface area contributed by atoms with Crippen molar-refractivity contribution in [3.8, 4) is 0 Å². The van der Waals surface area contributed by atoms with Crippen molar-refractivity contribution in [2.45, 2.75) is 32.0 Å². The van der Waals surface area contributed by atoms with Gasteiger partial charge in [-0.2, -0.15) is 5.10 Å². The first kappa shape index (κ1) is 25.1. The number of benzene rings is 1. The Kier molecular flexibility index (Phi) is 9.75. The Hall–Kier alpha value is -2.15. The van der Waals surface area contributed by atoms with Crippen molar-refractivity contribution in [2.75, 3.05) is 25.1 Å². The first-order valence-corrected chi connectivity index (χ1v) is 11.8. The molecular formula is C20H29IN6O3S. The van der Waals surface area contributed by atoms with Crippen molar-refractivity contribution >= 4 is 45.7 Å². The summed E-state index contributed by atoms with van der Waals surface area (Å²) in [7, 11) is -1.32. The van der Waals surface area contributed by atoms with Gasteiger partial charge in [-0.05, 0) is 23.6 Å². The van der Waals surface area contributed by atoms with Crippen LogP contribution < -0.4 is 16.0 Å². The quantitative estimate of drug-likeness (QED) is 0.251. The Morgan fingerprint density at radius 3 is 2.65 bits per heavy atom. The molecule has 1 fully saturated rings. The standard InChI is InChI=1S/C20H28N6O3S.HI/c1-21-20(22-10-7-19(27)25-18-8-12-30(28,29)15-18)23-13-16-5-2-3-6-17(16)14-26-11-4-9-24-26;/h2-6,9,11,18H,7-8,10,12-15H2,1H3,(H,25,27)(H2,21,22,23);1H. The number of carbonyl (C=O) groups excluding carboxylic acids is 1. The molecule has 1 atom stereocenters. The number of amides is 1. The van der Waals surface area contributed by atoms with Gasteiger partial charge in [-0.3, -0.25) is 14.5 Å². The van der Waals surface area contributed by atoms with Crippen molar-refractivity contribution in [3.05, 3.63) is 53.9 Å². The molecule has 0 aliphatic carbocycles. The molecule has 1 unspecified atom stereocenters. The van der Waals surface area contributed by atoms with Crippen LogP contribution >= 0.6 is 24.0 Å². The predicted octanol–water partition coefficient (Wildman–Crippen LogP) is 0.908. The molecule has 9 nitrogen and oxygen atoms in total. The molecule has 1 aliphatic heterocycles. The van der Waals surface area contributed by atoms with Gasteiger partial charge in [0.05, 0.1) is 18.1 Å². The minimum Gasteiger partial charge on any atom is -0.356 e. The van der Waals surface area contributed by atoms with Crippen LogP contribution in [0.25, 0.3) is 0 Å². The number of nitrogens with zero attached hydrogens (tertiary/aromatic N) is 3. The molecule has 0 saturated carbocycles. The molecule has 1 saturated heterocycles. The highest BCUT2D eigenvalue weighted by atomic mass is 127. The molecule has 170 valence electrons. The van der Waals surface area contributed by atoms with Gasteiger partial charge in [0, 0.05) is 45.0 Å². The summed E-state index contributed by atoms with van der Waals surface area (Å²) in [5, 5.41) is 13.4. The summed E-state index contributed by atoms with van der Waals surface area (Å²) < 4.78 is 24.8. The molecule has 1 aliphatic rings. The second-order valence-electron chi connectivity index (χ2n) is 7.24. The summed E-state index contributed by atoms with van der Waals surface area (Å²) >= 11 is 0. The van der Waals surface area contributed by atoms with Crippen molar-refractivity contribution in [1.29, 1.82) is 0 Å². The largest absolute Gasteiger partial charge is 0.356 e. The van der Waals surface area contributed by atoms with E-state index in [1.165, 1.54) is 0 Å². The summed E-state index contributed by atoms with van der Waals surface area (Å²) in [6, 6.07) is 9.75. The molecule has 0 radical (unpaired) electrons. The van der Waals surface area contributed by atoms with E-state index in [2.05, 4.69) is 38.2 Å². The van der Waals surface area contributed by atoms with E-state index in [0.29, 0.717) is 32.0 Å². The van der Waals surface area contributed by atoms with E-state index in [9.17, 15) is 13.2 Å². The summed E-state index contributed by atoms with van der Waals surface area (Å²) in [5.41, 5.74) is 2.30. The van der Waals surface area contributed by atoms with Gasteiger partial charge in [-0.1, -0.05) is 24.3 Å². The maximum atomic E-state index is 12.0. The van der Waals surface area contributed by atoms with E-state index in [1.807, 2.05) is 29.1 Å². The molecule has 2 aromatic rings. The smallest absolute Gasteiger partial charge is 0.222 e. The Morgan fingerprint density at radius 2 is 2.00 bits per heavy atom. The number of halogens is 1. The van der Waals surface area contributed by atoms with Gasteiger partial charge in [0.25, 0.3) is 0 Å². The fraction of sp³-hybridized carbons (Fsp3) is 0.450. The molecule has 2 heterocycles. The van der Waals surface area contributed by atoms with Crippen LogP contribution in [-0.2, 0) is 27.7 Å².